The number of allylic oxidation sites excluding steroid dienone is 1. The fraction of sp³-hybridized carbons (Fsp3) is 0.423. The summed E-state index contributed by atoms with van der Waals surface area (Å²) in [5.74, 6) is -0.675. The maximum absolute atomic E-state index is 13.6. The molecule has 1 aliphatic carbocycles. The summed E-state index contributed by atoms with van der Waals surface area (Å²) in [5.41, 5.74) is 0.759. The van der Waals surface area contributed by atoms with E-state index in [4.69, 9.17) is 9.15 Å². The van der Waals surface area contributed by atoms with E-state index in [-0.39, 0.29) is 43.8 Å². The minimum absolute atomic E-state index is 0.0226. The van der Waals surface area contributed by atoms with Crippen LogP contribution < -0.4 is 5.32 Å². The number of ether oxygens (including phenoxy) is 1. The topological polar surface area (TPSA) is 88.8 Å². The van der Waals surface area contributed by atoms with Crippen molar-refractivity contribution in [3.8, 4) is 0 Å². The van der Waals surface area contributed by atoms with Crippen LogP contribution in [0.25, 0.3) is 0 Å². The maximum Gasteiger partial charge on any atom is 0.318 e. The van der Waals surface area contributed by atoms with E-state index in [1.807, 2.05) is 36.4 Å². The van der Waals surface area contributed by atoms with Gasteiger partial charge in [0.15, 0.2) is 0 Å². The zero-order valence-corrected chi connectivity index (χ0v) is 18.9. The lowest BCUT2D eigenvalue weighted by Gasteiger charge is -2.47. The van der Waals surface area contributed by atoms with Gasteiger partial charge in [-0.15, -0.1) is 0 Å². The molecule has 4 rings (SSSR count). The van der Waals surface area contributed by atoms with Crippen LogP contribution in [-0.4, -0.2) is 29.3 Å². The van der Waals surface area contributed by atoms with Crippen molar-refractivity contribution in [3.05, 3.63) is 71.8 Å². The quantitative estimate of drug-likeness (QED) is 0.615. The van der Waals surface area contributed by atoms with Gasteiger partial charge < -0.3 is 19.4 Å². The monoisotopic (exact) mass is 450 g/mol. The van der Waals surface area contributed by atoms with Gasteiger partial charge >= 0.3 is 5.97 Å². The number of hydrogen-bond acceptors (Lipinski definition) is 5. The van der Waals surface area contributed by atoms with E-state index in [2.05, 4.69) is 5.32 Å². The third-order valence-electron chi connectivity index (χ3n) is 6.46. The number of likely N-dealkylation sites (tertiary alicyclic amines) is 1. The summed E-state index contributed by atoms with van der Waals surface area (Å²) in [4.78, 5) is 41.2. The van der Waals surface area contributed by atoms with Gasteiger partial charge in [0.25, 0.3) is 0 Å². The van der Waals surface area contributed by atoms with Gasteiger partial charge in [-0.1, -0.05) is 36.4 Å². The van der Waals surface area contributed by atoms with Gasteiger partial charge in [-0.25, -0.2) is 0 Å². The number of carbonyl (C=O) groups is 3. The van der Waals surface area contributed by atoms with E-state index < -0.39 is 11.3 Å². The smallest absolute Gasteiger partial charge is 0.318 e. The average molecular weight is 451 g/mol. The zero-order chi connectivity index (χ0) is 23.3. The molecule has 2 atom stereocenters. The average Bonchev–Trinajstić information content (AvgIpc) is 3.34. The lowest BCUT2D eigenvalue weighted by atomic mass is 9.66. The van der Waals surface area contributed by atoms with Gasteiger partial charge in [0, 0.05) is 24.6 Å². The molecule has 2 aromatic rings. The highest BCUT2D eigenvalue weighted by Crippen LogP contribution is 2.50. The summed E-state index contributed by atoms with van der Waals surface area (Å²) in [7, 11) is 0. The first kappa shape index (κ1) is 22.8. The van der Waals surface area contributed by atoms with Crippen molar-refractivity contribution in [2.45, 2.75) is 52.1 Å². The number of fused-ring (bicyclic) bond motifs is 1. The highest BCUT2D eigenvalue weighted by Gasteiger charge is 2.54. The van der Waals surface area contributed by atoms with Crippen LogP contribution in [0.5, 0.6) is 0 Å². The molecule has 1 aromatic carbocycles. The molecular weight excluding hydrogens is 420 g/mol. The Balaban J connectivity index is 1.58. The predicted molar refractivity (Wildman–Crippen MR) is 121 cm³/mol. The van der Waals surface area contributed by atoms with Gasteiger partial charge in [0.2, 0.25) is 11.8 Å². The number of furan rings is 1. The molecule has 7 nitrogen and oxygen atoms in total. The van der Waals surface area contributed by atoms with Crippen molar-refractivity contribution in [2.24, 2.45) is 11.3 Å². The van der Waals surface area contributed by atoms with Crippen molar-refractivity contribution >= 4 is 17.8 Å². The second-order valence-electron chi connectivity index (χ2n) is 8.66. The Labute approximate surface area is 193 Å². The molecule has 0 spiro atoms. The van der Waals surface area contributed by atoms with E-state index in [0.717, 1.165) is 18.4 Å². The molecule has 0 saturated carbocycles. The maximum atomic E-state index is 13.6. The standard InChI is InChI=1S/C26H30N2O5/c1-2-32-25(31)26-13-7-6-12-22(26)28(18-21-11-8-14-33-21)24(30)20(16-26)15-23(29)27-17-19-9-4-3-5-10-19/h3-5,8-12,14,20H,2,6-7,13,15-18H2,1H3,(H,27,29)/t20-,26+/m1/s1. The number of rotatable bonds is 8. The second-order valence-corrected chi connectivity index (χ2v) is 8.66. The Bertz CT molecular complexity index is 1010. The number of amides is 2. The van der Waals surface area contributed by atoms with Crippen LogP contribution in [0.4, 0.5) is 0 Å². The number of carbonyl (C=O) groups excluding carboxylic acids is 3. The van der Waals surface area contributed by atoms with Gasteiger partial charge in [0.05, 0.1) is 19.4 Å². The van der Waals surface area contributed by atoms with Crippen LogP contribution in [0.1, 0.15) is 50.4 Å². The van der Waals surface area contributed by atoms with Crippen LogP contribution >= 0.6 is 0 Å². The highest BCUT2D eigenvalue weighted by atomic mass is 16.5. The minimum atomic E-state index is -0.918. The fourth-order valence-corrected chi connectivity index (χ4v) is 4.92. The van der Waals surface area contributed by atoms with Crippen molar-refractivity contribution in [3.63, 3.8) is 0 Å². The Morgan fingerprint density at radius 3 is 2.76 bits per heavy atom. The number of hydrogen-bond donors (Lipinski definition) is 1. The van der Waals surface area contributed by atoms with Crippen molar-refractivity contribution in [1.29, 1.82) is 0 Å². The molecule has 0 bridgehead atoms. The number of nitrogens with zero attached hydrogens (tertiary/aromatic N) is 1. The van der Waals surface area contributed by atoms with E-state index in [1.165, 1.54) is 0 Å². The third-order valence-corrected chi connectivity index (χ3v) is 6.46. The summed E-state index contributed by atoms with van der Waals surface area (Å²) in [6.45, 7) is 2.66. The summed E-state index contributed by atoms with van der Waals surface area (Å²) < 4.78 is 11.0. The first-order chi connectivity index (χ1) is 16.0. The molecule has 1 fully saturated rings. The van der Waals surface area contributed by atoms with Crippen molar-refractivity contribution in [1.82, 2.24) is 10.2 Å². The number of benzene rings is 1. The molecular formula is C26H30N2O5. The van der Waals surface area contributed by atoms with Crippen LogP contribution in [0.3, 0.4) is 0 Å². The predicted octanol–water partition coefficient (Wildman–Crippen LogP) is 3.95. The summed E-state index contributed by atoms with van der Waals surface area (Å²) in [6.07, 6.45) is 6.07. The molecule has 1 N–H and O–H groups in total. The molecule has 0 radical (unpaired) electrons. The Morgan fingerprint density at radius 2 is 2.03 bits per heavy atom. The Morgan fingerprint density at radius 1 is 1.21 bits per heavy atom. The first-order valence-corrected chi connectivity index (χ1v) is 11.6. The van der Waals surface area contributed by atoms with Gasteiger partial charge in [-0.2, -0.15) is 0 Å². The number of piperidine rings is 1. The molecule has 174 valence electrons. The molecule has 7 heteroatoms. The van der Waals surface area contributed by atoms with Crippen molar-refractivity contribution < 1.29 is 23.5 Å². The minimum Gasteiger partial charge on any atom is -0.467 e. The normalized spacial score (nSPS) is 22.3. The van der Waals surface area contributed by atoms with Gasteiger partial charge in [-0.05, 0) is 50.3 Å². The molecule has 1 saturated heterocycles. The number of nitrogens with one attached hydrogen (secondary N) is 1. The summed E-state index contributed by atoms with van der Waals surface area (Å²) >= 11 is 0. The lowest BCUT2D eigenvalue weighted by Crippen LogP contribution is -2.54. The van der Waals surface area contributed by atoms with Gasteiger partial charge in [-0.3, -0.25) is 14.4 Å². The zero-order valence-electron chi connectivity index (χ0n) is 18.9. The molecule has 2 aliphatic rings. The second kappa shape index (κ2) is 10.1. The summed E-state index contributed by atoms with van der Waals surface area (Å²) in [6, 6.07) is 13.2. The van der Waals surface area contributed by atoms with E-state index in [9.17, 15) is 14.4 Å². The molecule has 0 unspecified atom stereocenters. The van der Waals surface area contributed by atoms with E-state index in [1.54, 1.807) is 30.2 Å². The SMILES string of the molecule is CCOC(=O)[C@]12CCCC=C1N(Cc1ccco1)C(=O)[C@H](CC(=O)NCc1ccccc1)C2. The van der Waals surface area contributed by atoms with Crippen LogP contribution in [0, 0.1) is 11.3 Å². The van der Waals surface area contributed by atoms with Crippen LogP contribution in [-0.2, 0) is 32.2 Å². The van der Waals surface area contributed by atoms with Crippen LogP contribution in [0.15, 0.2) is 64.9 Å². The van der Waals surface area contributed by atoms with E-state index in [0.29, 0.717) is 24.4 Å². The largest absolute Gasteiger partial charge is 0.467 e. The molecule has 2 amide bonds. The lowest BCUT2D eigenvalue weighted by molar-refractivity contribution is -0.162. The molecule has 1 aromatic heterocycles. The van der Waals surface area contributed by atoms with Crippen molar-refractivity contribution in [2.75, 3.05) is 6.61 Å². The van der Waals surface area contributed by atoms with E-state index >= 15 is 0 Å². The molecule has 1 aliphatic heterocycles. The number of esters is 1. The summed E-state index contributed by atoms with van der Waals surface area (Å²) in [5, 5.41) is 2.91. The van der Waals surface area contributed by atoms with Crippen LogP contribution in [0.2, 0.25) is 0 Å². The third kappa shape index (κ3) is 4.87. The Hall–Kier alpha value is -3.35. The Kier molecular flexibility index (Phi) is 6.96. The first-order valence-electron chi connectivity index (χ1n) is 11.6. The molecule has 33 heavy (non-hydrogen) atoms. The van der Waals surface area contributed by atoms with Gasteiger partial charge in [0.1, 0.15) is 11.2 Å². The fourth-order valence-electron chi connectivity index (χ4n) is 4.92. The highest BCUT2D eigenvalue weighted by molar-refractivity contribution is 5.92. The molecule has 2 heterocycles.